The van der Waals surface area contributed by atoms with Gasteiger partial charge in [-0.2, -0.15) is 5.10 Å². The second-order valence-corrected chi connectivity index (χ2v) is 7.73. The molecule has 5 nitrogen and oxygen atoms in total. The first kappa shape index (κ1) is 17.1. The van der Waals surface area contributed by atoms with Crippen molar-refractivity contribution < 1.29 is 9.18 Å². The monoisotopic (exact) mass is 376 g/mol. The van der Waals surface area contributed by atoms with Crippen molar-refractivity contribution in [2.24, 2.45) is 5.92 Å². The second kappa shape index (κ2) is 6.86. The van der Waals surface area contributed by atoms with Gasteiger partial charge >= 0.3 is 0 Å². The predicted octanol–water partition coefficient (Wildman–Crippen LogP) is 4.82. The smallest absolute Gasteiger partial charge is 0.225 e. The molecule has 1 aromatic carbocycles. The zero-order valence-corrected chi connectivity index (χ0v) is 15.4. The molecule has 28 heavy (non-hydrogen) atoms. The van der Waals surface area contributed by atoms with Gasteiger partial charge in [0.05, 0.1) is 6.04 Å². The molecule has 3 aromatic rings. The van der Waals surface area contributed by atoms with Gasteiger partial charge in [0.1, 0.15) is 17.3 Å². The van der Waals surface area contributed by atoms with E-state index in [1.807, 2.05) is 23.0 Å². The van der Waals surface area contributed by atoms with Crippen molar-refractivity contribution in [2.45, 2.75) is 38.1 Å². The Balaban J connectivity index is 1.48. The number of anilines is 1. The maximum atomic E-state index is 13.4. The fourth-order valence-corrected chi connectivity index (χ4v) is 3.39. The quantitative estimate of drug-likeness (QED) is 0.671. The van der Waals surface area contributed by atoms with E-state index in [0.29, 0.717) is 24.2 Å². The zero-order valence-electron chi connectivity index (χ0n) is 15.4. The van der Waals surface area contributed by atoms with Crippen LogP contribution in [-0.2, 0) is 4.79 Å². The van der Waals surface area contributed by atoms with Crippen LogP contribution in [0, 0.1) is 11.7 Å². The largest absolute Gasteiger partial charge is 0.311 e. The van der Waals surface area contributed by atoms with Gasteiger partial charge in [-0.05, 0) is 73.6 Å². The molecule has 1 N–H and O–H groups in total. The first-order valence-corrected chi connectivity index (χ1v) is 9.77. The zero-order chi connectivity index (χ0) is 19.1. The Labute approximate surface area is 162 Å². The SMILES string of the molecule is O=C(CC1CC1)Nc1cc(-c2cn(C3CC3)nc2-c2ccc(F)cc2)ccn1. The number of benzene rings is 1. The van der Waals surface area contributed by atoms with Gasteiger partial charge < -0.3 is 5.32 Å². The first-order chi connectivity index (χ1) is 13.7. The first-order valence-electron chi connectivity index (χ1n) is 9.77. The van der Waals surface area contributed by atoms with Crippen molar-refractivity contribution in [1.82, 2.24) is 14.8 Å². The van der Waals surface area contributed by atoms with E-state index in [2.05, 4.69) is 10.3 Å². The highest BCUT2D eigenvalue weighted by Gasteiger charge is 2.27. The van der Waals surface area contributed by atoms with E-state index in [9.17, 15) is 9.18 Å². The number of aromatic nitrogens is 3. The lowest BCUT2D eigenvalue weighted by molar-refractivity contribution is -0.116. The number of carbonyl (C=O) groups excluding carboxylic acids is 1. The Bertz CT molecular complexity index is 1020. The minimum Gasteiger partial charge on any atom is -0.311 e. The van der Waals surface area contributed by atoms with Gasteiger partial charge in [-0.25, -0.2) is 9.37 Å². The van der Waals surface area contributed by atoms with Crippen LogP contribution >= 0.6 is 0 Å². The summed E-state index contributed by atoms with van der Waals surface area (Å²) >= 11 is 0. The maximum Gasteiger partial charge on any atom is 0.225 e. The molecule has 0 saturated heterocycles. The van der Waals surface area contributed by atoms with Crippen LogP contribution in [0.15, 0.2) is 48.8 Å². The van der Waals surface area contributed by atoms with Crippen molar-refractivity contribution in [3.63, 3.8) is 0 Å². The molecule has 0 atom stereocenters. The Morgan fingerprint density at radius 3 is 2.61 bits per heavy atom. The molecule has 0 bridgehead atoms. The maximum absolute atomic E-state index is 13.4. The van der Waals surface area contributed by atoms with Crippen molar-refractivity contribution in [1.29, 1.82) is 0 Å². The van der Waals surface area contributed by atoms with E-state index in [1.165, 1.54) is 12.1 Å². The molecular formula is C22H21FN4O. The van der Waals surface area contributed by atoms with Gasteiger partial charge in [-0.3, -0.25) is 9.48 Å². The van der Waals surface area contributed by atoms with E-state index in [1.54, 1.807) is 18.3 Å². The fourth-order valence-electron chi connectivity index (χ4n) is 3.39. The van der Waals surface area contributed by atoms with Crippen LogP contribution in [0.5, 0.6) is 0 Å². The molecule has 0 unspecified atom stereocenters. The third-order valence-corrected chi connectivity index (χ3v) is 5.28. The number of carbonyl (C=O) groups is 1. The Morgan fingerprint density at radius 1 is 1.11 bits per heavy atom. The second-order valence-electron chi connectivity index (χ2n) is 7.73. The van der Waals surface area contributed by atoms with Crippen LogP contribution in [0.25, 0.3) is 22.4 Å². The molecule has 6 heteroatoms. The number of rotatable bonds is 6. The van der Waals surface area contributed by atoms with Crippen LogP contribution in [-0.4, -0.2) is 20.7 Å². The molecule has 5 rings (SSSR count). The Morgan fingerprint density at radius 2 is 1.89 bits per heavy atom. The number of amides is 1. The highest BCUT2D eigenvalue weighted by molar-refractivity contribution is 5.91. The molecule has 0 spiro atoms. The molecule has 2 aliphatic carbocycles. The van der Waals surface area contributed by atoms with Crippen molar-refractivity contribution in [2.75, 3.05) is 5.32 Å². The fraction of sp³-hybridized carbons (Fsp3) is 0.318. The summed E-state index contributed by atoms with van der Waals surface area (Å²) in [5.74, 6) is 0.827. The summed E-state index contributed by atoms with van der Waals surface area (Å²) in [6.45, 7) is 0. The molecule has 2 aromatic heterocycles. The summed E-state index contributed by atoms with van der Waals surface area (Å²) in [7, 11) is 0. The summed E-state index contributed by atoms with van der Waals surface area (Å²) in [4.78, 5) is 16.4. The predicted molar refractivity (Wildman–Crippen MR) is 105 cm³/mol. The van der Waals surface area contributed by atoms with Gasteiger partial charge in [-0.15, -0.1) is 0 Å². The lowest BCUT2D eigenvalue weighted by atomic mass is 10.0. The summed E-state index contributed by atoms with van der Waals surface area (Å²) in [5, 5.41) is 7.68. The van der Waals surface area contributed by atoms with Gasteiger partial charge in [0.2, 0.25) is 5.91 Å². The molecule has 0 radical (unpaired) electrons. The van der Waals surface area contributed by atoms with E-state index in [0.717, 1.165) is 48.1 Å². The highest BCUT2D eigenvalue weighted by atomic mass is 19.1. The van der Waals surface area contributed by atoms with E-state index in [-0.39, 0.29) is 11.7 Å². The topological polar surface area (TPSA) is 59.8 Å². The molecule has 0 aliphatic heterocycles. The number of hydrogen-bond donors (Lipinski definition) is 1. The summed E-state index contributed by atoms with van der Waals surface area (Å²) < 4.78 is 15.4. The summed E-state index contributed by atoms with van der Waals surface area (Å²) in [5.41, 5.74) is 3.57. The Kier molecular flexibility index (Phi) is 4.19. The summed E-state index contributed by atoms with van der Waals surface area (Å²) in [6.07, 6.45) is 8.84. The van der Waals surface area contributed by atoms with Gasteiger partial charge in [0, 0.05) is 29.9 Å². The normalized spacial score (nSPS) is 16.2. The Hall–Kier alpha value is -3.02. The van der Waals surface area contributed by atoms with Gasteiger partial charge in [0.15, 0.2) is 0 Å². The van der Waals surface area contributed by atoms with Crippen LogP contribution in [0.2, 0.25) is 0 Å². The minimum absolute atomic E-state index is 0.0135. The standard InChI is InChI=1S/C22H21FN4O/c23-17-5-3-15(4-6-17)22-19(13-27(26-22)18-7-8-18)16-9-10-24-20(12-16)25-21(28)11-14-1-2-14/h3-6,9-10,12-14,18H,1-2,7-8,11H2,(H,24,25,28). The lowest BCUT2D eigenvalue weighted by Gasteiger charge is -2.07. The van der Waals surface area contributed by atoms with Crippen molar-refractivity contribution in [3.8, 4) is 22.4 Å². The third kappa shape index (κ3) is 3.67. The molecule has 2 saturated carbocycles. The van der Waals surface area contributed by atoms with Crippen LogP contribution < -0.4 is 5.32 Å². The van der Waals surface area contributed by atoms with Gasteiger partial charge in [-0.1, -0.05) is 0 Å². The average molecular weight is 376 g/mol. The average Bonchev–Trinajstić information content (AvgIpc) is 3.62. The number of hydrogen-bond acceptors (Lipinski definition) is 3. The molecular weight excluding hydrogens is 355 g/mol. The van der Waals surface area contributed by atoms with E-state index in [4.69, 9.17) is 5.10 Å². The van der Waals surface area contributed by atoms with Crippen molar-refractivity contribution in [3.05, 3.63) is 54.6 Å². The molecule has 2 aliphatic rings. The van der Waals surface area contributed by atoms with Crippen LogP contribution in [0.3, 0.4) is 0 Å². The number of nitrogens with zero attached hydrogens (tertiary/aromatic N) is 3. The molecule has 1 amide bonds. The van der Waals surface area contributed by atoms with E-state index < -0.39 is 0 Å². The third-order valence-electron chi connectivity index (χ3n) is 5.28. The number of halogens is 1. The number of nitrogens with one attached hydrogen (secondary N) is 1. The highest BCUT2D eigenvalue weighted by Crippen LogP contribution is 2.39. The summed E-state index contributed by atoms with van der Waals surface area (Å²) in [6, 6.07) is 10.6. The molecule has 2 fully saturated rings. The molecule has 2 heterocycles. The van der Waals surface area contributed by atoms with Crippen LogP contribution in [0.4, 0.5) is 10.2 Å². The van der Waals surface area contributed by atoms with Crippen molar-refractivity contribution >= 4 is 11.7 Å². The van der Waals surface area contributed by atoms with E-state index >= 15 is 0 Å². The molecule has 142 valence electrons. The van der Waals surface area contributed by atoms with Crippen LogP contribution in [0.1, 0.15) is 38.1 Å². The minimum atomic E-state index is -0.267. The van der Waals surface area contributed by atoms with Gasteiger partial charge in [0.25, 0.3) is 0 Å². The number of pyridine rings is 1. The lowest BCUT2D eigenvalue weighted by Crippen LogP contribution is -2.12.